The highest BCUT2D eigenvalue weighted by molar-refractivity contribution is 5.81. The van der Waals surface area contributed by atoms with Crippen LogP contribution in [0.1, 0.15) is 11.3 Å². The topological polar surface area (TPSA) is 70.2 Å². The third kappa shape index (κ3) is 3.19. The van der Waals surface area contributed by atoms with E-state index in [1.54, 1.807) is 35.1 Å². The Morgan fingerprint density at radius 1 is 1.15 bits per heavy atom. The largest absolute Gasteiger partial charge is 0.487 e. The van der Waals surface area contributed by atoms with Crippen LogP contribution >= 0.6 is 0 Å². The van der Waals surface area contributed by atoms with Crippen molar-refractivity contribution in [3.8, 4) is 11.4 Å². The third-order valence-corrected chi connectivity index (χ3v) is 3.94. The van der Waals surface area contributed by atoms with E-state index in [0.29, 0.717) is 22.7 Å². The molecule has 0 spiro atoms. The van der Waals surface area contributed by atoms with Gasteiger partial charge in [-0.2, -0.15) is 0 Å². The summed E-state index contributed by atoms with van der Waals surface area (Å²) in [5.74, 6) is 0.248. The molecule has 2 heterocycles. The number of ether oxygens (including phenoxy) is 1. The van der Waals surface area contributed by atoms with Crippen molar-refractivity contribution in [3.05, 3.63) is 82.2 Å². The molecule has 0 saturated heterocycles. The van der Waals surface area contributed by atoms with Gasteiger partial charge >= 0.3 is 5.63 Å². The van der Waals surface area contributed by atoms with Crippen LogP contribution in [0, 0.1) is 12.7 Å². The molecule has 0 unspecified atom stereocenters. The van der Waals surface area contributed by atoms with E-state index in [1.807, 2.05) is 13.0 Å². The fourth-order valence-electron chi connectivity index (χ4n) is 2.64. The number of benzene rings is 2. The van der Waals surface area contributed by atoms with E-state index in [1.165, 1.54) is 18.2 Å². The fourth-order valence-corrected chi connectivity index (χ4v) is 2.64. The SMILES string of the molecule is Cc1cc(=O)oc2cc(OCc3cn(-c4ccc(F)cc4)nn3)ccc12. The Kier molecular flexibility index (Phi) is 3.96. The van der Waals surface area contributed by atoms with Gasteiger partial charge in [-0.25, -0.2) is 13.9 Å². The predicted octanol–water partition coefficient (Wildman–Crippen LogP) is 3.40. The number of aromatic nitrogens is 3. The Balaban J connectivity index is 1.51. The average molecular weight is 351 g/mol. The number of fused-ring (bicyclic) bond motifs is 1. The van der Waals surface area contributed by atoms with Crippen LogP contribution in [0.3, 0.4) is 0 Å². The second-order valence-electron chi connectivity index (χ2n) is 5.83. The Labute approximate surface area is 147 Å². The minimum atomic E-state index is -0.394. The van der Waals surface area contributed by atoms with Crippen LogP contribution in [-0.2, 0) is 6.61 Å². The molecular formula is C19H14FN3O3. The quantitative estimate of drug-likeness (QED) is 0.527. The van der Waals surface area contributed by atoms with Crippen LogP contribution in [0.5, 0.6) is 5.75 Å². The van der Waals surface area contributed by atoms with Gasteiger partial charge in [0, 0.05) is 17.5 Å². The van der Waals surface area contributed by atoms with Crippen LogP contribution < -0.4 is 10.4 Å². The van der Waals surface area contributed by atoms with E-state index in [0.717, 1.165) is 10.9 Å². The van der Waals surface area contributed by atoms with Gasteiger partial charge in [0.05, 0.1) is 11.9 Å². The Bertz CT molecular complexity index is 1130. The number of nitrogens with zero attached hydrogens (tertiary/aromatic N) is 3. The van der Waals surface area contributed by atoms with Crippen LogP contribution in [0.15, 0.2) is 63.9 Å². The first-order chi connectivity index (χ1) is 12.6. The summed E-state index contributed by atoms with van der Waals surface area (Å²) in [4.78, 5) is 11.5. The van der Waals surface area contributed by atoms with Crippen molar-refractivity contribution in [2.75, 3.05) is 0 Å². The molecular weight excluding hydrogens is 337 g/mol. The molecule has 0 bridgehead atoms. The predicted molar refractivity (Wildman–Crippen MR) is 92.9 cm³/mol. The molecule has 0 aliphatic carbocycles. The van der Waals surface area contributed by atoms with Crippen molar-refractivity contribution >= 4 is 11.0 Å². The third-order valence-electron chi connectivity index (χ3n) is 3.94. The summed E-state index contributed by atoms with van der Waals surface area (Å²) < 4.78 is 25.4. The normalized spacial score (nSPS) is 11.0. The second-order valence-corrected chi connectivity index (χ2v) is 5.83. The van der Waals surface area contributed by atoms with E-state index in [9.17, 15) is 9.18 Å². The number of halogens is 1. The zero-order chi connectivity index (χ0) is 18.1. The molecule has 0 N–H and O–H groups in total. The van der Waals surface area contributed by atoms with Gasteiger partial charge in [0.2, 0.25) is 0 Å². The molecule has 0 radical (unpaired) electrons. The molecule has 0 atom stereocenters. The molecule has 0 aliphatic rings. The Morgan fingerprint density at radius 3 is 2.77 bits per heavy atom. The lowest BCUT2D eigenvalue weighted by atomic mass is 10.1. The lowest BCUT2D eigenvalue weighted by molar-refractivity contribution is 0.301. The number of rotatable bonds is 4. The zero-order valence-electron chi connectivity index (χ0n) is 13.8. The van der Waals surface area contributed by atoms with E-state index in [-0.39, 0.29) is 12.4 Å². The van der Waals surface area contributed by atoms with Crippen LogP contribution in [0.2, 0.25) is 0 Å². The first-order valence-corrected chi connectivity index (χ1v) is 7.93. The molecule has 4 rings (SSSR count). The molecule has 130 valence electrons. The highest BCUT2D eigenvalue weighted by Gasteiger charge is 2.07. The molecule has 7 heteroatoms. The maximum Gasteiger partial charge on any atom is 0.336 e. The van der Waals surface area contributed by atoms with Gasteiger partial charge in [-0.3, -0.25) is 0 Å². The van der Waals surface area contributed by atoms with Crippen molar-refractivity contribution in [2.24, 2.45) is 0 Å². The first kappa shape index (κ1) is 16.0. The highest BCUT2D eigenvalue weighted by Crippen LogP contribution is 2.22. The van der Waals surface area contributed by atoms with Crippen LogP contribution in [-0.4, -0.2) is 15.0 Å². The molecule has 0 amide bonds. The average Bonchev–Trinajstić information content (AvgIpc) is 3.09. The smallest absolute Gasteiger partial charge is 0.336 e. The Hall–Kier alpha value is -3.48. The van der Waals surface area contributed by atoms with Gasteiger partial charge in [0.1, 0.15) is 29.5 Å². The van der Waals surface area contributed by atoms with Crippen molar-refractivity contribution < 1.29 is 13.5 Å². The minimum absolute atomic E-state index is 0.197. The van der Waals surface area contributed by atoms with Gasteiger partial charge in [-0.1, -0.05) is 5.21 Å². The van der Waals surface area contributed by atoms with E-state index in [2.05, 4.69) is 10.3 Å². The van der Waals surface area contributed by atoms with Crippen LogP contribution in [0.4, 0.5) is 4.39 Å². The van der Waals surface area contributed by atoms with Gasteiger partial charge in [0.15, 0.2) is 0 Å². The Morgan fingerprint density at radius 2 is 1.96 bits per heavy atom. The van der Waals surface area contributed by atoms with Gasteiger partial charge in [0.25, 0.3) is 0 Å². The number of hydrogen-bond acceptors (Lipinski definition) is 5. The van der Waals surface area contributed by atoms with Gasteiger partial charge in [-0.15, -0.1) is 5.10 Å². The standard InChI is InChI=1S/C19H14FN3O3/c1-12-8-19(24)26-18-9-16(6-7-17(12)18)25-11-14-10-23(22-21-14)15-4-2-13(20)3-5-15/h2-10H,11H2,1H3. The van der Waals surface area contributed by atoms with Crippen LogP contribution in [0.25, 0.3) is 16.7 Å². The monoisotopic (exact) mass is 351 g/mol. The van der Waals surface area contributed by atoms with E-state index >= 15 is 0 Å². The van der Waals surface area contributed by atoms with Crippen molar-refractivity contribution in [3.63, 3.8) is 0 Å². The summed E-state index contributed by atoms with van der Waals surface area (Å²) in [7, 11) is 0. The molecule has 0 fully saturated rings. The molecule has 26 heavy (non-hydrogen) atoms. The molecule has 0 saturated carbocycles. The molecule has 2 aromatic heterocycles. The number of hydrogen-bond donors (Lipinski definition) is 0. The molecule has 2 aromatic carbocycles. The summed E-state index contributed by atoms with van der Waals surface area (Å²) in [6.45, 7) is 2.05. The second kappa shape index (κ2) is 6.44. The zero-order valence-corrected chi connectivity index (χ0v) is 13.8. The van der Waals surface area contributed by atoms with Crippen molar-refractivity contribution in [2.45, 2.75) is 13.5 Å². The summed E-state index contributed by atoms with van der Waals surface area (Å²) >= 11 is 0. The fraction of sp³-hybridized carbons (Fsp3) is 0.105. The maximum atomic E-state index is 13.0. The summed E-state index contributed by atoms with van der Waals surface area (Å²) in [5, 5.41) is 8.91. The minimum Gasteiger partial charge on any atom is -0.487 e. The van der Waals surface area contributed by atoms with Crippen molar-refractivity contribution in [1.82, 2.24) is 15.0 Å². The lowest BCUT2D eigenvalue weighted by Gasteiger charge is -2.06. The van der Waals surface area contributed by atoms with Gasteiger partial charge < -0.3 is 9.15 Å². The first-order valence-electron chi connectivity index (χ1n) is 7.93. The summed E-state index contributed by atoms with van der Waals surface area (Å²) in [5.41, 5.74) is 2.25. The summed E-state index contributed by atoms with van der Waals surface area (Å²) in [6, 6.07) is 12.7. The van der Waals surface area contributed by atoms with E-state index < -0.39 is 5.63 Å². The van der Waals surface area contributed by atoms with E-state index in [4.69, 9.17) is 9.15 Å². The van der Waals surface area contributed by atoms with Gasteiger partial charge in [-0.05, 0) is 48.9 Å². The number of aryl methyl sites for hydroxylation is 1. The molecule has 6 nitrogen and oxygen atoms in total. The molecule has 0 aliphatic heterocycles. The highest BCUT2D eigenvalue weighted by atomic mass is 19.1. The summed E-state index contributed by atoms with van der Waals surface area (Å²) in [6.07, 6.45) is 1.71. The molecule has 4 aromatic rings. The maximum absolute atomic E-state index is 13.0. The lowest BCUT2D eigenvalue weighted by Crippen LogP contribution is -1.99. The van der Waals surface area contributed by atoms with Crippen molar-refractivity contribution in [1.29, 1.82) is 0 Å².